The fourth-order valence-corrected chi connectivity index (χ4v) is 2.65. The van der Waals surface area contributed by atoms with Gasteiger partial charge >= 0.3 is 0 Å². The van der Waals surface area contributed by atoms with E-state index in [0.717, 1.165) is 42.6 Å². The highest BCUT2D eigenvalue weighted by Gasteiger charge is 2.16. The van der Waals surface area contributed by atoms with E-state index in [1.165, 1.54) is 0 Å². The Labute approximate surface area is 130 Å². The summed E-state index contributed by atoms with van der Waals surface area (Å²) < 4.78 is 16.8. The summed E-state index contributed by atoms with van der Waals surface area (Å²) in [7, 11) is 0. The van der Waals surface area contributed by atoms with Gasteiger partial charge in [0, 0.05) is 18.6 Å². The molecule has 2 aromatic rings. The number of aliphatic hydroxyl groups is 1. The zero-order valence-electron chi connectivity index (χ0n) is 12.6. The van der Waals surface area contributed by atoms with Crippen LogP contribution < -0.4 is 4.74 Å². The van der Waals surface area contributed by atoms with Crippen molar-refractivity contribution >= 4 is 10.8 Å². The number of rotatable bonds is 6. The van der Waals surface area contributed by atoms with Crippen molar-refractivity contribution in [1.82, 2.24) is 0 Å². The molecule has 1 aliphatic heterocycles. The topological polar surface area (TPSA) is 47.9 Å². The first-order chi connectivity index (χ1) is 10.8. The number of hydrogen-bond donors (Lipinski definition) is 1. The molecule has 1 atom stereocenters. The van der Waals surface area contributed by atoms with Crippen LogP contribution in [-0.2, 0) is 9.47 Å². The highest BCUT2D eigenvalue weighted by atomic mass is 16.5. The lowest BCUT2D eigenvalue weighted by Gasteiger charge is -2.23. The van der Waals surface area contributed by atoms with Gasteiger partial charge in [0.2, 0.25) is 0 Å². The van der Waals surface area contributed by atoms with E-state index in [1.54, 1.807) is 0 Å². The minimum Gasteiger partial charge on any atom is -0.490 e. The van der Waals surface area contributed by atoms with Crippen LogP contribution in [0.3, 0.4) is 0 Å². The summed E-state index contributed by atoms with van der Waals surface area (Å²) >= 11 is 0. The Morgan fingerprint density at radius 3 is 2.68 bits per heavy atom. The molecule has 0 saturated carbocycles. The molecular formula is C18H22O4. The molecule has 118 valence electrons. The quantitative estimate of drug-likeness (QED) is 0.891. The highest BCUT2D eigenvalue weighted by Crippen LogP contribution is 2.25. The Hall–Kier alpha value is -1.62. The van der Waals surface area contributed by atoms with Gasteiger partial charge in [-0.3, -0.25) is 0 Å². The summed E-state index contributed by atoms with van der Waals surface area (Å²) in [5.74, 6) is 0.795. The molecular weight excluding hydrogens is 280 g/mol. The van der Waals surface area contributed by atoms with E-state index in [4.69, 9.17) is 14.2 Å². The van der Waals surface area contributed by atoms with E-state index >= 15 is 0 Å². The van der Waals surface area contributed by atoms with Crippen LogP contribution in [0, 0.1) is 0 Å². The molecule has 0 bridgehead atoms. The van der Waals surface area contributed by atoms with Crippen LogP contribution in [0.5, 0.6) is 5.75 Å². The molecule has 3 rings (SSSR count). The predicted molar refractivity (Wildman–Crippen MR) is 85.2 cm³/mol. The van der Waals surface area contributed by atoms with Crippen molar-refractivity contribution in [2.24, 2.45) is 0 Å². The molecule has 2 aromatic carbocycles. The minimum atomic E-state index is -0.623. The third kappa shape index (κ3) is 3.97. The van der Waals surface area contributed by atoms with Crippen LogP contribution in [0.1, 0.15) is 12.8 Å². The lowest BCUT2D eigenvalue weighted by molar-refractivity contribution is -0.0658. The number of aliphatic hydroxyl groups excluding tert-OH is 1. The van der Waals surface area contributed by atoms with Gasteiger partial charge in [0.25, 0.3) is 0 Å². The zero-order valence-corrected chi connectivity index (χ0v) is 12.6. The maximum Gasteiger partial charge on any atom is 0.127 e. The van der Waals surface area contributed by atoms with Crippen molar-refractivity contribution in [3.63, 3.8) is 0 Å². The molecule has 1 fully saturated rings. The average molecular weight is 302 g/mol. The fraction of sp³-hybridized carbons (Fsp3) is 0.444. The summed E-state index contributed by atoms with van der Waals surface area (Å²) in [6.45, 7) is 2.02. The first-order valence-electron chi connectivity index (χ1n) is 7.81. The molecule has 1 N–H and O–H groups in total. The van der Waals surface area contributed by atoms with Crippen LogP contribution in [-0.4, -0.2) is 43.7 Å². The molecule has 0 radical (unpaired) electrons. The van der Waals surface area contributed by atoms with Crippen LogP contribution >= 0.6 is 0 Å². The minimum absolute atomic E-state index is 0.195. The SMILES string of the molecule is OC(COc1cccc2ccccc12)COC1CCOCC1. The van der Waals surface area contributed by atoms with E-state index in [-0.39, 0.29) is 12.7 Å². The Morgan fingerprint density at radius 2 is 1.82 bits per heavy atom. The standard InChI is InChI=1S/C18H22O4/c19-15(12-21-16-8-10-20-11-9-16)13-22-18-7-3-5-14-4-1-2-6-17(14)18/h1-7,15-16,19H,8-13H2. The molecule has 0 spiro atoms. The van der Waals surface area contributed by atoms with Gasteiger partial charge in [-0.1, -0.05) is 36.4 Å². The summed E-state index contributed by atoms with van der Waals surface area (Å²) in [6.07, 6.45) is 1.37. The fourth-order valence-electron chi connectivity index (χ4n) is 2.65. The average Bonchev–Trinajstić information content (AvgIpc) is 2.59. The predicted octanol–water partition coefficient (Wildman–Crippen LogP) is 2.78. The molecule has 1 saturated heterocycles. The van der Waals surface area contributed by atoms with Crippen LogP contribution in [0.25, 0.3) is 10.8 Å². The van der Waals surface area contributed by atoms with Gasteiger partial charge in [0.15, 0.2) is 0 Å². The summed E-state index contributed by atoms with van der Waals surface area (Å²) in [6, 6.07) is 14.0. The van der Waals surface area contributed by atoms with Crippen molar-refractivity contribution in [3.05, 3.63) is 42.5 Å². The zero-order chi connectivity index (χ0) is 15.2. The van der Waals surface area contributed by atoms with Crippen molar-refractivity contribution in [2.45, 2.75) is 25.0 Å². The first kappa shape index (κ1) is 15.3. The second-order valence-electron chi connectivity index (χ2n) is 5.59. The molecule has 1 heterocycles. The van der Waals surface area contributed by atoms with E-state index in [1.807, 2.05) is 42.5 Å². The Balaban J connectivity index is 1.50. The van der Waals surface area contributed by atoms with Gasteiger partial charge in [-0.15, -0.1) is 0 Å². The maximum atomic E-state index is 10.0. The van der Waals surface area contributed by atoms with Crippen LogP contribution in [0.4, 0.5) is 0 Å². The second-order valence-corrected chi connectivity index (χ2v) is 5.59. The van der Waals surface area contributed by atoms with Gasteiger partial charge in [-0.05, 0) is 24.3 Å². The van der Waals surface area contributed by atoms with Crippen molar-refractivity contribution in [3.8, 4) is 5.75 Å². The molecule has 0 aliphatic carbocycles. The van der Waals surface area contributed by atoms with E-state index in [2.05, 4.69) is 0 Å². The third-order valence-electron chi connectivity index (χ3n) is 3.87. The van der Waals surface area contributed by atoms with E-state index in [0.29, 0.717) is 6.61 Å². The van der Waals surface area contributed by atoms with E-state index < -0.39 is 6.10 Å². The summed E-state index contributed by atoms with van der Waals surface area (Å²) in [5, 5.41) is 12.2. The lowest BCUT2D eigenvalue weighted by atomic mass is 10.1. The smallest absolute Gasteiger partial charge is 0.127 e. The van der Waals surface area contributed by atoms with Gasteiger partial charge in [-0.2, -0.15) is 0 Å². The molecule has 4 heteroatoms. The second kappa shape index (κ2) is 7.58. The third-order valence-corrected chi connectivity index (χ3v) is 3.87. The van der Waals surface area contributed by atoms with Crippen LogP contribution in [0.2, 0.25) is 0 Å². The van der Waals surface area contributed by atoms with Gasteiger partial charge in [-0.25, -0.2) is 0 Å². The van der Waals surface area contributed by atoms with Crippen molar-refractivity contribution < 1.29 is 19.3 Å². The maximum absolute atomic E-state index is 10.0. The van der Waals surface area contributed by atoms with Gasteiger partial charge in [0.1, 0.15) is 18.5 Å². The molecule has 4 nitrogen and oxygen atoms in total. The lowest BCUT2D eigenvalue weighted by Crippen LogP contribution is -2.30. The molecule has 1 unspecified atom stereocenters. The Kier molecular flexibility index (Phi) is 5.27. The normalized spacial score (nSPS) is 17.5. The highest BCUT2D eigenvalue weighted by molar-refractivity contribution is 5.88. The number of benzene rings is 2. The molecule has 1 aliphatic rings. The molecule has 22 heavy (non-hydrogen) atoms. The number of ether oxygens (including phenoxy) is 3. The summed E-state index contributed by atoms with van der Waals surface area (Å²) in [4.78, 5) is 0. The van der Waals surface area contributed by atoms with Crippen molar-refractivity contribution in [2.75, 3.05) is 26.4 Å². The molecule has 0 aromatic heterocycles. The largest absolute Gasteiger partial charge is 0.490 e. The number of fused-ring (bicyclic) bond motifs is 1. The van der Waals surface area contributed by atoms with Crippen molar-refractivity contribution in [1.29, 1.82) is 0 Å². The monoisotopic (exact) mass is 302 g/mol. The first-order valence-corrected chi connectivity index (χ1v) is 7.81. The molecule has 0 amide bonds. The Morgan fingerprint density at radius 1 is 1.05 bits per heavy atom. The Bertz CT molecular complexity index is 587. The van der Waals surface area contributed by atoms with Crippen LogP contribution in [0.15, 0.2) is 42.5 Å². The van der Waals surface area contributed by atoms with Gasteiger partial charge < -0.3 is 19.3 Å². The number of hydrogen-bond acceptors (Lipinski definition) is 4. The van der Waals surface area contributed by atoms with E-state index in [9.17, 15) is 5.11 Å². The van der Waals surface area contributed by atoms with Gasteiger partial charge in [0.05, 0.1) is 12.7 Å². The summed E-state index contributed by atoms with van der Waals surface area (Å²) in [5.41, 5.74) is 0.